The molecule has 3 rings (SSSR count). The Morgan fingerprint density at radius 2 is 1.72 bits per heavy atom. The van der Waals surface area contributed by atoms with Gasteiger partial charge in [-0.1, -0.05) is 35.3 Å². The molecule has 0 unspecified atom stereocenters. The zero-order chi connectivity index (χ0) is 21.0. The fourth-order valence-electron chi connectivity index (χ4n) is 3.16. The fourth-order valence-corrected chi connectivity index (χ4v) is 3.65. The number of halogens is 2. The SMILES string of the molecule is CC(=O)c1cccc(NC(=O)CN2CCN(C(=O)c3ccc(Cl)cc3Cl)CC2)c1. The van der Waals surface area contributed by atoms with Crippen molar-refractivity contribution in [2.75, 3.05) is 38.0 Å². The van der Waals surface area contributed by atoms with E-state index in [0.717, 1.165) is 0 Å². The van der Waals surface area contributed by atoms with E-state index in [0.29, 0.717) is 53.0 Å². The standard InChI is InChI=1S/C21H21Cl2N3O3/c1-14(27)15-3-2-4-17(11-15)24-20(28)13-25-7-9-26(10-8-25)21(29)18-6-5-16(22)12-19(18)23/h2-6,11-12H,7-10,13H2,1H3,(H,24,28). The number of Topliss-reactive ketones (excluding diaryl/α,β-unsaturated/α-hetero) is 1. The van der Waals surface area contributed by atoms with Crippen LogP contribution in [0.5, 0.6) is 0 Å². The number of piperazine rings is 1. The molecule has 29 heavy (non-hydrogen) atoms. The van der Waals surface area contributed by atoms with E-state index in [1.165, 1.54) is 6.92 Å². The van der Waals surface area contributed by atoms with Gasteiger partial charge >= 0.3 is 0 Å². The minimum absolute atomic E-state index is 0.0531. The Hall–Kier alpha value is -2.41. The Morgan fingerprint density at radius 3 is 2.38 bits per heavy atom. The third kappa shape index (κ3) is 5.56. The first kappa shape index (κ1) is 21.3. The van der Waals surface area contributed by atoms with Crippen LogP contribution in [0.25, 0.3) is 0 Å². The van der Waals surface area contributed by atoms with Crippen LogP contribution in [0.4, 0.5) is 5.69 Å². The number of rotatable bonds is 5. The number of nitrogens with zero attached hydrogens (tertiary/aromatic N) is 2. The lowest BCUT2D eigenvalue weighted by Crippen LogP contribution is -2.50. The molecule has 0 spiro atoms. The molecular formula is C21H21Cl2N3O3. The van der Waals surface area contributed by atoms with E-state index in [1.807, 2.05) is 4.90 Å². The molecule has 0 aromatic heterocycles. The van der Waals surface area contributed by atoms with E-state index < -0.39 is 0 Å². The van der Waals surface area contributed by atoms with Crippen molar-refractivity contribution in [1.82, 2.24) is 9.80 Å². The molecule has 1 saturated heterocycles. The van der Waals surface area contributed by atoms with E-state index in [2.05, 4.69) is 5.32 Å². The lowest BCUT2D eigenvalue weighted by molar-refractivity contribution is -0.117. The van der Waals surface area contributed by atoms with Crippen molar-refractivity contribution in [3.8, 4) is 0 Å². The van der Waals surface area contributed by atoms with Crippen LogP contribution in [-0.2, 0) is 4.79 Å². The van der Waals surface area contributed by atoms with E-state index >= 15 is 0 Å². The highest BCUT2D eigenvalue weighted by Gasteiger charge is 2.24. The van der Waals surface area contributed by atoms with Crippen LogP contribution in [0.1, 0.15) is 27.6 Å². The number of benzene rings is 2. The molecule has 0 atom stereocenters. The topological polar surface area (TPSA) is 69.7 Å². The summed E-state index contributed by atoms with van der Waals surface area (Å²) in [5, 5.41) is 3.63. The van der Waals surface area contributed by atoms with Gasteiger partial charge in [-0.3, -0.25) is 19.3 Å². The van der Waals surface area contributed by atoms with Crippen LogP contribution in [0.3, 0.4) is 0 Å². The maximum atomic E-state index is 12.7. The first-order valence-corrected chi connectivity index (χ1v) is 9.96. The van der Waals surface area contributed by atoms with Gasteiger partial charge in [-0.2, -0.15) is 0 Å². The van der Waals surface area contributed by atoms with Gasteiger partial charge in [-0.05, 0) is 37.3 Å². The van der Waals surface area contributed by atoms with E-state index in [4.69, 9.17) is 23.2 Å². The summed E-state index contributed by atoms with van der Waals surface area (Å²) in [5.41, 5.74) is 1.57. The van der Waals surface area contributed by atoms with E-state index in [9.17, 15) is 14.4 Å². The summed E-state index contributed by atoms with van der Waals surface area (Å²) in [6, 6.07) is 11.7. The van der Waals surface area contributed by atoms with Gasteiger partial charge in [0.05, 0.1) is 17.1 Å². The van der Waals surface area contributed by atoms with Gasteiger partial charge in [-0.25, -0.2) is 0 Å². The molecule has 0 aliphatic carbocycles. The molecule has 0 saturated carbocycles. The molecule has 2 amide bonds. The van der Waals surface area contributed by atoms with E-state index in [1.54, 1.807) is 47.4 Å². The first-order chi connectivity index (χ1) is 13.8. The Kier molecular flexibility index (Phi) is 6.90. The van der Waals surface area contributed by atoms with Crippen LogP contribution in [-0.4, -0.2) is 60.1 Å². The minimum Gasteiger partial charge on any atom is -0.336 e. The van der Waals surface area contributed by atoms with Crippen molar-refractivity contribution in [1.29, 1.82) is 0 Å². The average molecular weight is 434 g/mol. The number of hydrogen-bond acceptors (Lipinski definition) is 4. The lowest BCUT2D eigenvalue weighted by atomic mass is 10.1. The quantitative estimate of drug-likeness (QED) is 0.731. The molecule has 0 radical (unpaired) electrons. The summed E-state index contributed by atoms with van der Waals surface area (Å²) in [6.45, 7) is 3.87. The largest absolute Gasteiger partial charge is 0.336 e. The van der Waals surface area contributed by atoms with Gasteiger partial charge < -0.3 is 10.2 Å². The predicted molar refractivity (Wildman–Crippen MR) is 114 cm³/mol. The number of anilines is 1. The molecule has 1 aliphatic heterocycles. The molecule has 1 fully saturated rings. The number of hydrogen-bond donors (Lipinski definition) is 1. The average Bonchev–Trinajstić information content (AvgIpc) is 2.68. The van der Waals surface area contributed by atoms with Crippen molar-refractivity contribution in [3.05, 3.63) is 63.6 Å². The van der Waals surface area contributed by atoms with Crippen molar-refractivity contribution in [3.63, 3.8) is 0 Å². The van der Waals surface area contributed by atoms with Gasteiger partial charge in [0.2, 0.25) is 5.91 Å². The predicted octanol–water partition coefficient (Wildman–Crippen LogP) is 3.59. The van der Waals surface area contributed by atoms with Crippen LogP contribution < -0.4 is 5.32 Å². The second-order valence-electron chi connectivity index (χ2n) is 6.88. The van der Waals surface area contributed by atoms with Gasteiger partial charge in [0.25, 0.3) is 5.91 Å². The van der Waals surface area contributed by atoms with Crippen LogP contribution >= 0.6 is 23.2 Å². The van der Waals surface area contributed by atoms with Crippen LogP contribution in [0.15, 0.2) is 42.5 Å². The minimum atomic E-state index is -0.161. The first-order valence-electron chi connectivity index (χ1n) is 9.21. The molecule has 1 aliphatic rings. The monoisotopic (exact) mass is 433 g/mol. The molecule has 6 nitrogen and oxygen atoms in total. The number of carbonyl (C=O) groups excluding carboxylic acids is 3. The summed E-state index contributed by atoms with van der Waals surface area (Å²) in [6.07, 6.45) is 0. The summed E-state index contributed by atoms with van der Waals surface area (Å²) < 4.78 is 0. The molecule has 0 bridgehead atoms. The third-order valence-electron chi connectivity index (χ3n) is 4.74. The number of amides is 2. The van der Waals surface area contributed by atoms with Crippen molar-refractivity contribution in [2.45, 2.75) is 6.92 Å². The normalized spacial score (nSPS) is 14.5. The Bertz CT molecular complexity index is 941. The lowest BCUT2D eigenvalue weighted by Gasteiger charge is -2.34. The van der Waals surface area contributed by atoms with Crippen molar-refractivity contribution in [2.24, 2.45) is 0 Å². The molecule has 1 N–H and O–H groups in total. The van der Waals surface area contributed by atoms with Crippen LogP contribution in [0, 0.1) is 0 Å². The van der Waals surface area contributed by atoms with Gasteiger partial charge in [-0.15, -0.1) is 0 Å². The maximum Gasteiger partial charge on any atom is 0.255 e. The van der Waals surface area contributed by atoms with Crippen molar-refractivity contribution < 1.29 is 14.4 Å². The smallest absolute Gasteiger partial charge is 0.255 e. The molecule has 1 heterocycles. The molecule has 2 aromatic carbocycles. The molecular weight excluding hydrogens is 413 g/mol. The summed E-state index contributed by atoms with van der Waals surface area (Å²) in [4.78, 5) is 40.2. The molecule has 152 valence electrons. The van der Waals surface area contributed by atoms with Gasteiger partial charge in [0, 0.05) is 42.5 Å². The maximum absolute atomic E-state index is 12.7. The van der Waals surface area contributed by atoms with Crippen molar-refractivity contribution >= 4 is 46.5 Å². The number of carbonyl (C=O) groups is 3. The summed E-state index contributed by atoms with van der Waals surface area (Å²) in [5.74, 6) is -0.356. The zero-order valence-corrected chi connectivity index (χ0v) is 17.5. The molecule has 2 aromatic rings. The summed E-state index contributed by atoms with van der Waals surface area (Å²) in [7, 11) is 0. The highest BCUT2D eigenvalue weighted by molar-refractivity contribution is 6.36. The number of nitrogens with one attached hydrogen (secondary N) is 1. The number of ketones is 1. The third-order valence-corrected chi connectivity index (χ3v) is 5.29. The van der Waals surface area contributed by atoms with Gasteiger partial charge in [0.1, 0.15) is 0 Å². The summed E-state index contributed by atoms with van der Waals surface area (Å²) >= 11 is 12.0. The highest BCUT2D eigenvalue weighted by Crippen LogP contribution is 2.23. The zero-order valence-electron chi connectivity index (χ0n) is 16.0. The second kappa shape index (κ2) is 9.39. The van der Waals surface area contributed by atoms with Crippen LogP contribution in [0.2, 0.25) is 10.0 Å². The Morgan fingerprint density at radius 1 is 1.00 bits per heavy atom. The van der Waals surface area contributed by atoms with Gasteiger partial charge in [0.15, 0.2) is 5.78 Å². The molecule has 8 heteroatoms. The Balaban J connectivity index is 1.51. The highest BCUT2D eigenvalue weighted by atomic mass is 35.5. The fraction of sp³-hybridized carbons (Fsp3) is 0.286. The Labute approximate surface area is 179 Å². The second-order valence-corrected chi connectivity index (χ2v) is 7.72. The van der Waals surface area contributed by atoms with E-state index in [-0.39, 0.29) is 24.1 Å².